The lowest BCUT2D eigenvalue weighted by Crippen LogP contribution is -2.38. The molecule has 0 bridgehead atoms. The molecular formula is C20H18N6O2S. The molecular weight excluding hydrogens is 388 g/mol. The number of hydrazine groups is 2. The standard InChI is InChI=1S/C20H18N6O2S/c1-12-7-18(29-23-12)25-6-5-17-19(20(25)27)26(24-22-17)11-13-3-4-16-14(8-13)9-15(28-2)10-21-16/h3-10,22,24H,11H2,1-2H3. The Morgan fingerprint density at radius 2 is 2.10 bits per heavy atom. The SMILES string of the molecule is COc1cnc2ccc(CN3NNc4ccn(-c5cc(C)ns5)c(=O)c43)cc2c1. The van der Waals surface area contributed by atoms with Crippen LogP contribution in [0.2, 0.25) is 0 Å². The Kier molecular flexibility index (Phi) is 4.18. The van der Waals surface area contributed by atoms with E-state index in [-0.39, 0.29) is 5.56 Å². The highest BCUT2D eigenvalue weighted by molar-refractivity contribution is 7.08. The summed E-state index contributed by atoms with van der Waals surface area (Å²) in [5.41, 5.74) is 10.2. The van der Waals surface area contributed by atoms with E-state index in [1.807, 2.05) is 42.3 Å². The molecule has 0 unspecified atom stereocenters. The third kappa shape index (κ3) is 3.10. The lowest BCUT2D eigenvalue weighted by Gasteiger charge is -2.18. The number of hydrogen-bond donors (Lipinski definition) is 2. The summed E-state index contributed by atoms with van der Waals surface area (Å²) in [6.07, 6.45) is 3.47. The van der Waals surface area contributed by atoms with Crippen LogP contribution in [-0.2, 0) is 6.54 Å². The van der Waals surface area contributed by atoms with Crippen molar-refractivity contribution in [2.24, 2.45) is 0 Å². The van der Waals surface area contributed by atoms with Crippen molar-refractivity contribution in [2.75, 3.05) is 17.5 Å². The fraction of sp³-hybridized carbons (Fsp3) is 0.150. The Hall–Kier alpha value is -3.43. The molecule has 0 radical (unpaired) electrons. The van der Waals surface area contributed by atoms with Gasteiger partial charge in [0.15, 0.2) is 0 Å². The maximum absolute atomic E-state index is 13.2. The number of rotatable bonds is 4. The minimum absolute atomic E-state index is 0.104. The minimum atomic E-state index is -0.104. The predicted molar refractivity (Wildman–Crippen MR) is 114 cm³/mol. The van der Waals surface area contributed by atoms with Crippen LogP contribution >= 0.6 is 11.5 Å². The maximum atomic E-state index is 13.2. The molecule has 0 amide bonds. The first kappa shape index (κ1) is 17.7. The molecule has 29 heavy (non-hydrogen) atoms. The van der Waals surface area contributed by atoms with Gasteiger partial charge in [0, 0.05) is 11.6 Å². The quantitative estimate of drug-likeness (QED) is 0.539. The lowest BCUT2D eigenvalue weighted by atomic mass is 10.1. The number of aryl methyl sites for hydroxylation is 1. The molecule has 146 valence electrons. The van der Waals surface area contributed by atoms with Crippen molar-refractivity contribution in [3.8, 4) is 10.8 Å². The van der Waals surface area contributed by atoms with Gasteiger partial charge in [-0.3, -0.25) is 19.4 Å². The van der Waals surface area contributed by atoms with Crippen LogP contribution in [0.3, 0.4) is 0 Å². The van der Waals surface area contributed by atoms with Gasteiger partial charge >= 0.3 is 0 Å². The summed E-state index contributed by atoms with van der Waals surface area (Å²) >= 11 is 1.31. The van der Waals surface area contributed by atoms with Crippen molar-refractivity contribution in [3.63, 3.8) is 0 Å². The van der Waals surface area contributed by atoms with E-state index < -0.39 is 0 Å². The summed E-state index contributed by atoms with van der Waals surface area (Å²) in [6.45, 7) is 2.42. The van der Waals surface area contributed by atoms with E-state index in [1.165, 1.54) is 11.5 Å². The smallest absolute Gasteiger partial charge is 0.282 e. The van der Waals surface area contributed by atoms with Gasteiger partial charge < -0.3 is 10.2 Å². The number of methoxy groups -OCH3 is 1. The van der Waals surface area contributed by atoms with Crippen molar-refractivity contribution in [2.45, 2.75) is 13.5 Å². The zero-order valence-electron chi connectivity index (χ0n) is 15.8. The number of ether oxygens (including phenoxy) is 1. The van der Waals surface area contributed by atoms with Gasteiger partial charge in [0.2, 0.25) is 0 Å². The van der Waals surface area contributed by atoms with E-state index in [0.29, 0.717) is 18.0 Å². The largest absolute Gasteiger partial charge is 0.495 e. The first-order valence-electron chi connectivity index (χ1n) is 9.03. The van der Waals surface area contributed by atoms with Crippen molar-refractivity contribution in [3.05, 3.63) is 70.4 Å². The Morgan fingerprint density at radius 1 is 1.21 bits per heavy atom. The number of anilines is 2. The fourth-order valence-electron chi connectivity index (χ4n) is 3.38. The average molecular weight is 406 g/mol. The van der Waals surface area contributed by atoms with Crippen molar-refractivity contribution < 1.29 is 4.74 Å². The lowest BCUT2D eigenvalue weighted by molar-refractivity contribution is 0.414. The van der Waals surface area contributed by atoms with E-state index in [9.17, 15) is 4.79 Å². The summed E-state index contributed by atoms with van der Waals surface area (Å²) < 4.78 is 11.2. The van der Waals surface area contributed by atoms with Crippen LogP contribution in [0, 0.1) is 6.92 Å². The Morgan fingerprint density at radius 3 is 2.90 bits per heavy atom. The Bertz CT molecular complexity index is 1280. The molecule has 8 nitrogen and oxygen atoms in total. The number of nitrogens with zero attached hydrogens (tertiary/aromatic N) is 4. The second kappa shape index (κ2) is 6.87. The van der Waals surface area contributed by atoms with Crippen molar-refractivity contribution in [1.82, 2.24) is 19.5 Å². The second-order valence-corrected chi connectivity index (χ2v) is 7.57. The molecule has 1 aliphatic rings. The highest BCUT2D eigenvalue weighted by Gasteiger charge is 2.24. The molecule has 4 heterocycles. The molecule has 0 atom stereocenters. The molecule has 0 aliphatic carbocycles. The summed E-state index contributed by atoms with van der Waals surface area (Å²) in [5, 5.41) is 3.60. The van der Waals surface area contributed by atoms with E-state index in [0.717, 1.165) is 32.8 Å². The molecule has 0 fully saturated rings. The number of nitrogens with one attached hydrogen (secondary N) is 2. The summed E-state index contributed by atoms with van der Waals surface area (Å²) in [5.74, 6) is 0.712. The molecule has 5 rings (SSSR count). The van der Waals surface area contributed by atoms with Gasteiger partial charge in [-0.2, -0.15) is 4.37 Å². The number of fused-ring (bicyclic) bond motifs is 2. The van der Waals surface area contributed by atoms with Crippen LogP contribution in [0.5, 0.6) is 5.75 Å². The molecule has 3 aromatic heterocycles. The number of benzene rings is 1. The van der Waals surface area contributed by atoms with Crippen LogP contribution in [0.25, 0.3) is 15.9 Å². The molecule has 0 saturated carbocycles. The van der Waals surface area contributed by atoms with E-state index in [1.54, 1.807) is 24.1 Å². The number of aromatic nitrogens is 3. The molecule has 1 aromatic carbocycles. The second-order valence-electron chi connectivity index (χ2n) is 6.78. The third-order valence-electron chi connectivity index (χ3n) is 4.81. The predicted octanol–water partition coefficient (Wildman–Crippen LogP) is 3.01. The number of pyridine rings is 2. The van der Waals surface area contributed by atoms with Gasteiger partial charge in [0.05, 0.1) is 36.7 Å². The first-order valence-corrected chi connectivity index (χ1v) is 9.81. The molecule has 9 heteroatoms. The third-order valence-corrected chi connectivity index (χ3v) is 5.69. The molecule has 4 aromatic rings. The van der Waals surface area contributed by atoms with Gasteiger partial charge in [0.25, 0.3) is 5.56 Å². The van der Waals surface area contributed by atoms with Crippen LogP contribution in [0.4, 0.5) is 11.4 Å². The summed E-state index contributed by atoms with van der Waals surface area (Å²) in [4.78, 5) is 17.6. The minimum Gasteiger partial charge on any atom is -0.495 e. The normalized spacial score (nSPS) is 12.8. The fourth-order valence-corrected chi connectivity index (χ4v) is 4.12. The highest BCUT2D eigenvalue weighted by atomic mass is 32.1. The summed E-state index contributed by atoms with van der Waals surface area (Å²) in [6, 6.07) is 11.8. The van der Waals surface area contributed by atoms with E-state index in [4.69, 9.17) is 4.74 Å². The van der Waals surface area contributed by atoms with Crippen molar-refractivity contribution >= 4 is 33.8 Å². The number of hydrogen-bond acceptors (Lipinski definition) is 8. The zero-order chi connectivity index (χ0) is 20.0. The Balaban J connectivity index is 1.50. The summed E-state index contributed by atoms with van der Waals surface area (Å²) in [7, 11) is 1.62. The molecule has 0 spiro atoms. The van der Waals surface area contributed by atoms with Gasteiger partial charge in [-0.15, -0.1) is 5.53 Å². The molecule has 2 N–H and O–H groups in total. The first-order chi connectivity index (χ1) is 14.1. The molecule has 1 aliphatic heterocycles. The van der Waals surface area contributed by atoms with Crippen LogP contribution in [-0.4, -0.2) is 21.0 Å². The maximum Gasteiger partial charge on any atom is 0.282 e. The van der Waals surface area contributed by atoms with Gasteiger partial charge in [-0.05, 0) is 54.4 Å². The average Bonchev–Trinajstić information content (AvgIpc) is 3.34. The van der Waals surface area contributed by atoms with Crippen LogP contribution < -0.4 is 26.3 Å². The highest BCUT2D eigenvalue weighted by Crippen LogP contribution is 2.28. The van der Waals surface area contributed by atoms with Gasteiger partial charge in [0.1, 0.15) is 16.4 Å². The van der Waals surface area contributed by atoms with Crippen LogP contribution in [0.1, 0.15) is 11.3 Å². The van der Waals surface area contributed by atoms with E-state index in [2.05, 4.69) is 26.4 Å². The van der Waals surface area contributed by atoms with Crippen LogP contribution in [0.15, 0.2) is 53.6 Å². The van der Waals surface area contributed by atoms with E-state index >= 15 is 0 Å². The monoisotopic (exact) mass is 406 g/mol. The Labute approximate surface area is 170 Å². The topological polar surface area (TPSA) is 84.3 Å². The van der Waals surface area contributed by atoms with Gasteiger partial charge in [-0.1, -0.05) is 6.07 Å². The van der Waals surface area contributed by atoms with Crippen molar-refractivity contribution in [1.29, 1.82) is 0 Å². The zero-order valence-corrected chi connectivity index (χ0v) is 16.7. The molecule has 0 saturated heterocycles. The van der Waals surface area contributed by atoms with Gasteiger partial charge in [-0.25, -0.2) is 0 Å².